The summed E-state index contributed by atoms with van der Waals surface area (Å²) >= 11 is 0. The summed E-state index contributed by atoms with van der Waals surface area (Å²) in [7, 11) is -3.39. The second-order valence-corrected chi connectivity index (χ2v) is 4.18. The van der Waals surface area contributed by atoms with Gasteiger partial charge >= 0.3 is 5.97 Å². The number of hydrogen-bond donors (Lipinski definition) is 1. The number of carbonyl (C=O) groups excluding carboxylic acids is 1. The zero-order valence-electron chi connectivity index (χ0n) is 7.23. The number of nitrogens with two attached hydrogens (primary N) is 1. The van der Waals surface area contributed by atoms with Crippen molar-refractivity contribution in [2.45, 2.75) is 12.8 Å². The Bertz CT molecular complexity index is 270. The van der Waals surface area contributed by atoms with Crippen LogP contribution >= 0.6 is 0 Å². The zero-order chi connectivity index (χ0) is 10.3. The number of unbranched alkanes of at least 4 members (excludes halogenated alkanes) is 1. The van der Waals surface area contributed by atoms with Crippen molar-refractivity contribution >= 4 is 16.0 Å². The van der Waals surface area contributed by atoms with Gasteiger partial charge in [0.15, 0.2) is 0 Å². The quantitative estimate of drug-likeness (QED) is 0.371. The van der Waals surface area contributed by atoms with E-state index in [-0.39, 0.29) is 12.4 Å². The van der Waals surface area contributed by atoms with Crippen LogP contribution in [0.1, 0.15) is 12.8 Å². The van der Waals surface area contributed by atoms with E-state index in [1.165, 1.54) is 0 Å². The first-order valence-electron chi connectivity index (χ1n) is 3.75. The summed E-state index contributed by atoms with van der Waals surface area (Å²) in [5.41, 5.74) is 0. The largest absolute Gasteiger partial charge is 0.463 e. The van der Waals surface area contributed by atoms with Crippen molar-refractivity contribution in [1.82, 2.24) is 0 Å². The predicted octanol–water partition coefficient (Wildman–Crippen LogP) is -0.216. The summed E-state index contributed by atoms with van der Waals surface area (Å²) in [5, 5.41) is 4.75. The van der Waals surface area contributed by atoms with Crippen molar-refractivity contribution in [2.75, 3.05) is 12.4 Å². The fourth-order valence-corrected chi connectivity index (χ4v) is 1.24. The Morgan fingerprint density at radius 3 is 2.54 bits per heavy atom. The SMILES string of the molecule is C=CC(=O)OCCCCS(N)(=O)=O. The van der Waals surface area contributed by atoms with Gasteiger partial charge in [-0.15, -0.1) is 0 Å². The van der Waals surface area contributed by atoms with Crippen molar-refractivity contribution in [1.29, 1.82) is 0 Å². The highest BCUT2D eigenvalue weighted by molar-refractivity contribution is 7.89. The maximum Gasteiger partial charge on any atom is 0.330 e. The van der Waals surface area contributed by atoms with Gasteiger partial charge in [-0.05, 0) is 12.8 Å². The Balaban J connectivity index is 3.38. The highest BCUT2D eigenvalue weighted by Gasteiger charge is 2.02. The van der Waals surface area contributed by atoms with E-state index >= 15 is 0 Å². The van der Waals surface area contributed by atoms with E-state index in [0.29, 0.717) is 12.8 Å². The molecule has 5 nitrogen and oxygen atoms in total. The molecule has 0 saturated carbocycles. The lowest BCUT2D eigenvalue weighted by molar-refractivity contribution is -0.137. The number of primary sulfonamides is 1. The number of hydrogen-bond acceptors (Lipinski definition) is 4. The first kappa shape index (κ1) is 12.1. The molecule has 0 aromatic heterocycles. The molecule has 0 rings (SSSR count). The van der Waals surface area contributed by atoms with Crippen molar-refractivity contribution in [3.05, 3.63) is 12.7 Å². The third-order valence-corrected chi connectivity index (χ3v) is 2.09. The molecule has 0 bridgehead atoms. The van der Waals surface area contributed by atoms with Gasteiger partial charge in [0.05, 0.1) is 12.4 Å². The number of sulfonamides is 1. The summed E-state index contributed by atoms with van der Waals surface area (Å²) in [6, 6.07) is 0. The molecular weight excluding hydrogens is 194 g/mol. The van der Waals surface area contributed by atoms with Gasteiger partial charge in [-0.25, -0.2) is 18.4 Å². The minimum absolute atomic E-state index is 0.0847. The lowest BCUT2D eigenvalue weighted by atomic mass is 10.4. The van der Waals surface area contributed by atoms with Gasteiger partial charge in [0.2, 0.25) is 10.0 Å². The maximum atomic E-state index is 10.5. The first-order chi connectivity index (χ1) is 5.95. The van der Waals surface area contributed by atoms with E-state index in [4.69, 9.17) is 5.14 Å². The van der Waals surface area contributed by atoms with Crippen molar-refractivity contribution in [3.63, 3.8) is 0 Å². The molecule has 0 saturated heterocycles. The van der Waals surface area contributed by atoms with Crippen LogP contribution in [0.2, 0.25) is 0 Å². The van der Waals surface area contributed by atoms with Crippen LogP contribution in [0.4, 0.5) is 0 Å². The van der Waals surface area contributed by atoms with Gasteiger partial charge in [0.25, 0.3) is 0 Å². The van der Waals surface area contributed by atoms with Gasteiger partial charge in [0.1, 0.15) is 0 Å². The van der Waals surface area contributed by atoms with Crippen molar-refractivity contribution in [2.24, 2.45) is 5.14 Å². The number of rotatable bonds is 6. The topological polar surface area (TPSA) is 86.5 Å². The maximum absolute atomic E-state index is 10.5. The van der Waals surface area contributed by atoms with E-state index in [1.54, 1.807) is 0 Å². The molecule has 0 amide bonds. The third kappa shape index (κ3) is 9.03. The second kappa shape index (κ2) is 5.71. The van der Waals surface area contributed by atoms with Crippen molar-refractivity contribution in [3.8, 4) is 0 Å². The Labute approximate surface area is 77.6 Å². The molecule has 0 radical (unpaired) electrons. The average Bonchev–Trinajstić information content (AvgIpc) is 2.01. The Hall–Kier alpha value is -0.880. The molecule has 0 fully saturated rings. The molecule has 13 heavy (non-hydrogen) atoms. The molecule has 0 aromatic carbocycles. The van der Waals surface area contributed by atoms with E-state index in [2.05, 4.69) is 11.3 Å². The van der Waals surface area contributed by atoms with Crippen LogP contribution in [0, 0.1) is 0 Å². The molecule has 76 valence electrons. The monoisotopic (exact) mass is 207 g/mol. The van der Waals surface area contributed by atoms with Gasteiger partial charge in [0, 0.05) is 6.08 Å². The summed E-state index contributed by atoms with van der Waals surface area (Å²) < 4.78 is 25.5. The fourth-order valence-electron chi connectivity index (χ4n) is 0.637. The number of esters is 1. The van der Waals surface area contributed by atoms with E-state index < -0.39 is 16.0 Å². The molecule has 2 N–H and O–H groups in total. The highest BCUT2D eigenvalue weighted by atomic mass is 32.2. The zero-order valence-corrected chi connectivity index (χ0v) is 8.05. The molecular formula is C7H13NO4S. The summed E-state index contributed by atoms with van der Waals surface area (Å²) in [4.78, 5) is 10.5. The Morgan fingerprint density at radius 2 is 2.08 bits per heavy atom. The molecule has 0 atom stereocenters. The summed E-state index contributed by atoms with van der Waals surface area (Å²) in [6.07, 6.45) is 1.93. The molecule has 0 aromatic rings. The fraction of sp³-hybridized carbons (Fsp3) is 0.571. The van der Waals surface area contributed by atoms with Crippen LogP contribution in [0.5, 0.6) is 0 Å². The van der Waals surface area contributed by atoms with Gasteiger partial charge in [-0.3, -0.25) is 0 Å². The molecule has 6 heteroatoms. The lowest BCUT2D eigenvalue weighted by Gasteiger charge is -2.00. The standard InChI is InChI=1S/C7H13NO4S/c1-2-7(9)12-5-3-4-6-13(8,10)11/h2H,1,3-6H2,(H2,8,10,11). The van der Waals surface area contributed by atoms with Gasteiger partial charge < -0.3 is 4.74 Å². The van der Waals surface area contributed by atoms with Crippen LogP contribution in [-0.2, 0) is 19.6 Å². The average molecular weight is 207 g/mol. The molecule has 0 spiro atoms. The summed E-state index contributed by atoms with van der Waals surface area (Å²) in [5.74, 6) is -0.589. The molecule has 0 heterocycles. The van der Waals surface area contributed by atoms with E-state index in [1.807, 2.05) is 0 Å². The minimum atomic E-state index is -3.39. The van der Waals surface area contributed by atoms with E-state index in [9.17, 15) is 13.2 Å². The minimum Gasteiger partial charge on any atom is -0.463 e. The van der Waals surface area contributed by atoms with Gasteiger partial charge in [-0.2, -0.15) is 0 Å². The third-order valence-electron chi connectivity index (χ3n) is 1.23. The predicted molar refractivity (Wildman–Crippen MR) is 48.4 cm³/mol. The lowest BCUT2D eigenvalue weighted by Crippen LogP contribution is -2.16. The van der Waals surface area contributed by atoms with Crippen LogP contribution < -0.4 is 5.14 Å². The molecule has 0 aliphatic heterocycles. The molecule has 0 aliphatic carbocycles. The smallest absolute Gasteiger partial charge is 0.330 e. The van der Waals surface area contributed by atoms with E-state index in [0.717, 1.165) is 6.08 Å². The normalized spacial score (nSPS) is 10.8. The highest BCUT2D eigenvalue weighted by Crippen LogP contribution is 1.93. The van der Waals surface area contributed by atoms with Crippen LogP contribution in [-0.4, -0.2) is 26.7 Å². The van der Waals surface area contributed by atoms with Crippen LogP contribution in [0.15, 0.2) is 12.7 Å². The van der Waals surface area contributed by atoms with Crippen molar-refractivity contribution < 1.29 is 17.9 Å². The second-order valence-electron chi connectivity index (χ2n) is 2.45. The van der Waals surface area contributed by atoms with Crippen LogP contribution in [0.25, 0.3) is 0 Å². The Kier molecular flexibility index (Phi) is 5.33. The Morgan fingerprint density at radius 1 is 1.46 bits per heavy atom. The van der Waals surface area contributed by atoms with Gasteiger partial charge in [-0.1, -0.05) is 6.58 Å². The number of ether oxygens (including phenoxy) is 1. The summed E-state index contributed by atoms with van der Waals surface area (Å²) in [6.45, 7) is 3.40. The first-order valence-corrected chi connectivity index (χ1v) is 5.47. The molecule has 0 unspecified atom stereocenters. The van der Waals surface area contributed by atoms with Crippen LogP contribution in [0.3, 0.4) is 0 Å². The number of carbonyl (C=O) groups is 1. The molecule has 0 aliphatic rings.